The van der Waals surface area contributed by atoms with Gasteiger partial charge in [0.2, 0.25) is 11.8 Å². The minimum atomic E-state index is -0.617. The van der Waals surface area contributed by atoms with Gasteiger partial charge in [0.05, 0.1) is 32.0 Å². The molecule has 3 fully saturated rings. The van der Waals surface area contributed by atoms with Gasteiger partial charge in [0, 0.05) is 12.5 Å². The van der Waals surface area contributed by atoms with E-state index in [4.69, 9.17) is 20.0 Å². The van der Waals surface area contributed by atoms with Crippen molar-refractivity contribution in [2.24, 2.45) is 40.5 Å². The number of benzene rings is 1. The maximum absolute atomic E-state index is 13.2. The van der Waals surface area contributed by atoms with Crippen molar-refractivity contribution in [3.8, 4) is 11.5 Å². The minimum Gasteiger partial charge on any atom is -0.493 e. The van der Waals surface area contributed by atoms with Crippen molar-refractivity contribution in [3.63, 3.8) is 0 Å². The topological polar surface area (TPSA) is 121 Å². The number of fused-ring (bicyclic) bond motifs is 8. The van der Waals surface area contributed by atoms with E-state index in [1.807, 2.05) is 12.1 Å². The molecule has 4 aliphatic rings. The first kappa shape index (κ1) is 18.9. The number of oxime groups is 1. The molecule has 0 unspecified atom stereocenters. The second kappa shape index (κ2) is 6.72. The molecular weight excluding hydrogens is 390 g/mol. The lowest BCUT2D eigenvalue weighted by atomic mass is 9.72. The molecule has 2 bridgehead atoms. The molecule has 1 aromatic carbocycles. The maximum Gasteiger partial charge on any atom is 0.266 e. The molecule has 3 amide bonds. The quantitative estimate of drug-likeness (QED) is 0.672. The number of nitrogens with zero attached hydrogens (tertiary/aromatic N) is 2. The molecule has 2 aliphatic heterocycles. The Morgan fingerprint density at radius 2 is 1.83 bits per heavy atom. The molecule has 9 nitrogen and oxygen atoms in total. The molecule has 6 atom stereocenters. The Labute approximate surface area is 173 Å². The summed E-state index contributed by atoms with van der Waals surface area (Å²) < 4.78 is 10.6. The molecule has 158 valence electrons. The van der Waals surface area contributed by atoms with Crippen LogP contribution < -0.4 is 15.2 Å². The predicted molar refractivity (Wildman–Crippen MR) is 104 cm³/mol. The number of carbonyl (C=O) groups excluding carboxylic acids is 3. The van der Waals surface area contributed by atoms with Gasteiger partial charge in [-0.25, -0.2) is 0 Å². The van der Waals surface area contributed by atoms with Gasteiger partial charge in [-0.2, -0.15) is 0 Å². The Kier molecular flexibility index (Phi) is 4.23. The van der Waals surface area contributed by atoms with Crippen molar-refractivity contribution >= 4 is 23.4 Å². The molecule has 2 N–H and O–H groups in total. The van der Waals surface area contributed by atoms with Crippen LogP contribution >= 0.6 is 0 Å². The van der Waals surface area contributed by atoms with Gasteiger partial charge in [-0.3, -0.25) is 19.3 Å². The van der Waals surface area contributed by atoms with Gasteiger partial charge in [-0.1, -0.05) is 11.2 Å². The van der Waals surface area contributed by atoms with E-state index in [0.717, 1.165) is 5.56 Å². The lowest BCUT2D eigenvalue weighted by molar-refractivity contribution is -0.141. The molecule has 2 saturated carbocycles. The molecule has 30 heavy (non-hydrogen) atoms. The first-order valence-corrected chi connectivity index (χ1v) is 10.1. The highest BCUT2D eigenvalue weighted by atomic mass is 16.6. The lowest BCUT2D eigenvalue weighted by Gasteiger charge is -2.29. The second-order valence-corrected chi connectivity index (χ2v) is 8.32. The van der Waals surface area contributed by atoms with Crippen LogP contribution in [0.3, 0.4) is 0 Å². The smallest absolute Gasteiger partial charge is 0.266 e. The van der Waals surface area contributed by atoms with E-state index in [1.54, 1.807) is 20.3 Å². The number of hydrogen-bond donors (Lipinski definition) is 1. The molecular formula is C21H23N3O6. The molecule has 5 rings (SSSR count). The molecule has 2 heterocycles. The third-order valence-corrected chi connectivity index (χ3v) is 7.11. The molecule has 0 spiro atoms. The molecule has 1 aromatic rings. The summed E-state index contributed by atoms with van der Waals surface area (Å²) in [6.45, 7) is 0.298. The van der Waals surface area contributed by atoms with Crippen LogP contribution in [0, 0.1) is 29.6 Å². The van der Waals surface area contributed by atoms with Crippen molar-refractivity contribution in [2.45, 2.75) is 18.9 Å². The highest BCUT2D eigenvalue weighted by Gasteiger charge is 2.70. The zero-order valence-electron chi connectivity index (χ0n) is 16.7. The fraction of sp³-hybridized carbons (Fsp3) is 0.524. The molecule has 2 aliphatic carbocycles. The number of methoxy groups -OCH3 is 2. The normalized spacial score (nSPS) is 33.3. The standard InChI is InChI=1S/C21H23N3O6/c1-28-12-4-3-9(7-13(12)29-2)5-6-24-20(26)14-10-8-11(15(14)21(24)27)18-16(10)17(19(22)25)23-30-18/h3-4,7,10-11,14-16,18H,5-6,8H2,1-2H3,(H2,22,25)/t10-,11+,14-,15+,16+,18-/m0/s1. The Hall–Kier alpha value is -3.10. The second-order valence-electron chi connectivity index (χ2n) is 8.32. The largest absolute Gasteiger partial charge is 0.493 e. The third-order valence-electron chi connectivity index (χ3n) is 7.11. The zero-order valence-corrected chi connectivity index (χ0v) is 16.7. The highest BCUT2D eigenvalue weighted by Crippen LogP contribution is 2.61. The van der Waals surface area contributed by atoms with Gasteiger partial charge in [0.1, 0.15) is 6.10 Å². The minimum absolute atomic E-state index is 0.104. The molecule has 0 aromatic heterocycles. The number of amides is 3. The fourth-order valence-corrected chi connectivity index (χ4v) is 5.89. The van der Waals surface area contributed by atoms with Crippen molar-refractivity contribution < 1.29 is 28.7 Å². The number of primary amides is 1. The van der Waals surface area contributed by atoms with Crippen LogP contribution in [0.1, 0.15) is 12.0 Å². The van der Waals surface area contributed by atoms with Gasteiger partial charge in [0.25, 0.3) is 5.91 Å². The van der Waals surface area contributed by atoms with Gasteiger partial charge in [-0.15, -0.1) is 0 Å². The Morgan fingerprint density at radius 3 is 2.50 bits per heavy atom. The van der Waals surface area contributed by atoms with Crippen LogP contribution in [0.2, 0.25) is 0 Å². The summed E-state index contributed by atoms with van der Waals surface area (Å²) >= 11 is 0. The Morgan fingerprint density at radius 1 is 1.13 bits per heavy atom. The summed E-state index contributed by atoms with van der Waals surface area (Å²) in [4.78, 5) is 44.8. The average Bonchev–Trinajstić information content (AvgIpc) is 3.47. The number of ether oxygens (including phenoxy) is 2. The summed E-state index contributed by atoms with van der Waals surface area (Å²) in [6, 6.07) is 5.55. The van der Waals surface area contributed by atoms with Crippen molar-refractivity contribution in [1.82, 2.24) is 4.90 Å². The van der Waals surface area contributed by atoms with Gasteiger partial charge >= 0.3 is 0 Å². The first-order chi connectivity index (χ1) is 14.5. The van der Waals surface area contributed by atoms with Crippen LogP contribution in [0.15, 0.2) is 23.4 Å². The van der Waals surface area contributed by atoms with E-state index >= 15 is 0 Å². The molecule has 9 heteroatoms. The Bertz CT molecular complexity index is 975. The number of likely N-dealkylation sites (tertiary alicyclic amines) is 1. The van der Waals surface area contributed by atoms with Crippen LogP contribution in [-0.2, 0) is 25.6 Å². The zero-order chi connectivity index (χ0) is 21.2. The SMILES string of the molecule is COc1ccc(CCN2C(=O)[C@@H]3[C@H]4C[C@H]([C@@H]5C(C(N)=O)=NO[C@@H]45)[C@@H]3C2=O)cc1OC. The molecule has 1 saturated heterocycles. The average molecular weight is 413 g/mol. The fourth-order valence-electron chi connectivity index (χ4n) is 5.89. The summed E-state index contributed by atoms with van der Waals surface area (Å²) in [7, 11) is 3.13. The summed E-state index contributed by atoms with van der Waals surface area (Å²) in [6.07, 6.45) is 0.878. The number of hydrogen-bond acceptors (Lipinski definition) is 7. The highest BCUT2D eigenvalue weighted by molar-refractivity contribution is 6.39. The third kappa shape index (κ3) is 2.47. The van der Waals surface area contributed by atoms with Crippen molar-refractivity contribution in [2.75, 3.05) is 20.8 Å². The predicted octanol–water partition coefficient (Wildman–Crippen LogP) is 0.354. The van der Waals surface area contributed by atoms with Crippen LogP contribution in [0.25, 0.3) is 0 Å². The van der Waals surface area contributed by atoms with E-state index in [9.17, 15) is 14.4 Å². The monoisotopic (exact) mass is 413 g/mol. The lowest BCUT2D eigenvalue weighted by Crippen LogP contribution is -2.43. The van der Waals surface area contributed by atoms with Crippen LogP contribution in [0.5, 0.6) is 11.5 Å². The van der Waals surface area contributed by atoms with Crippen molar-refractivity contribution in [3.05, 3.63) is 23.8 Å². The number of carbonyl (C=O) groups is 3. The van der Waals surface area contributed by atoms with Gasteiger partial charge in [-0.05, 0) is 36.5 Å². The Balaban J connectivity index is 1.33. The van der Waals surface area contributed by atoms with E-state index in [1.165, 1.54) is 4.90 Å². The number of imide groups is 1. The van der Waals surface area contributed by atoms with E-state index in [0.29, 0.717) is 30.9 Å². The maximum atomic E-state index is 13.2. The van der Waals surface area contributed by atoms with E-state index in [2.05, 4.69) is 5.16 Å². The van der Waals surface area contributed by atoms with E-state index < -0.39 is 17.7 Å². The van der Waals surface area contributed by atoms with E-state index in [-0.39, 0.29) is 41.4 Å². The summed E-state index contributed by atoms with van der Waals surface area (Å²) in [5.74, 6) is -1.01. The van der Waals surface area contributed by atoms with Crippen molar-refractivity contribution in [1.29, 1.82) is 0 Å². The van der Waals surface area contributed by atoms with Crippen LogP contribution in [0.4, 0.5) is 0 Å². The summed E-state index contributed by atoms with van der Waals surface area (Å²) in [5.41, 5.74) is 6.58. The van der Waals surface area contributed by atoms with Crippen LogP contribution in [-0.4, -0.2) is 55.2 Å². The number of rotatable bonds is 6. The first-order valence-electron chi connectivity index (χ1n) is 10.1. The number of nitrogens with two attached hydrogens (primary N) is 1. The molecule has 0 radical (unpaired) electrons. The van der Waals surface area contributed by atoms with Gasteiger partial charge < -0.3 is 20.0 Å². The van der Waals surface area contributed by atoms with Gasteiger partial charge in [0.15, 0.2) is 17.2 Å². The summed E-state index contributed by atoms with van der Waals surface area (Å²) in [5, 5.41) is 3.85.